The summed E-state index contributed by atoms with van der Waals surface area (Å²) in [7, 11) is 0. The molecule has 0 radical (unpaired) electrons. The predicted molar refractivity (Wildman–Crippen MR) is 114 cm³/mol. The van der Waals surface area contributed by atoms with Gasteiger partial charge >= 0.3 is 6.18 Å². The Kier molecular flexibility index (Phi) is 5.61. The first-order valence-corrected chi connectivity index (χ1v) is 10.1. The van der Waals surface area contributed by atoms with E-state index in [0.29, 0.717) is 10.6 Å². The maximum absolute atomic E-state index is 13.8. The van der Waals surface area contributed by atoms with Gasteiger partial charge in [-0.3, -0.25) is 4.79 Å². The molecule has 1 aliphatic heterocycles. The van der Waals surface area contributed by atoms with Crippen LogP contribution in [0.1, 0.15) is 40.0 Å². The Labute approximate surface area is 186 Å². The van der Waals surface area contributed by atoms with E-state index < -0.39 is 24.2 Å². The average Bonchev–Trinajstić information content (AvgIpc) is 3.14. The fraction of sp³-hybridized carbons (Fsp3) is 0.238. The van der Waals surface area contributed by atoms with E-state index in [1.807, 2.05) is 19.1 Å². The van der Waals surface area contributed by atoms with Crippen molar-refractivity contribution in [3.05, 3.63) is 75.4 Å². The van der Waals surface area contributed by atoms with Crippen LogP contribution in [0.5, 0.6) is 0 Å². The van der Waals surface area contributed by atoms with Crippen LogP contribution in [0.4, 0.5) is 24.7 Å². The van der Waals surface area contributed by atoms with Gasteiger partial charge in [0.15, 0.2) is 6.04 Å². The number of anilines is 2. The molecule has 0 saturated carbocycles. The van der Waals surface area contributed by atoms with Gasteiger partial charge in [0.2, 0.25) is 0 Å². The Hall–Kier alpha value is -2.71. The number of aryl methyl sites for hydroxylation is 1. The Bertz CT molecular complexity index is 1130. The molecule has 3 aromatic rings. The van der Waals surface area contributed by atoms with E-state index in [0.717, 1.165) is 16.4 Å². The smallest absolute Gasteiger partial charge is 0.363 e. The minimum absolute atomic E-state index is 0.00481. The summed E-state index contributed by atoms with van der Waals surface area (Å²) in [6.45, 7) is 1.90. The molecule has 2 aromatic carbocycles. The van der Waals surface area contributed by atoms with Crippen LogP contribution in [0.15, 0.2) is 48.7 Å². The minimum Gasteiger partial charge on any atom is -0.363 e. The van der Waals surface area contributed by atoms with Crippen LogP contribution in [-0.4, -0.2) is 21.9 Å². The van der Waals surface area contributed by atoms with Gasteiger partial charge in [-0.25, -0.2) is 4.68 Å². The molecule has 10 heteroatoms. The normalized spacial score (nSPS) is 18.3. The van der Waals surface area contributed by atoms with Gasteiger partial charge in [0.05, 0.1) is 22.9 Å². The molecule has 1 amide bonds. The Balaban J connectivity index is 1.70. The lowest BCUT2D eigenvalue weighted by Gasteiger charge is -2.34. The molecule has 2 heterocycles. The van der Waals surface area contributed by atoms with Crippen molar-refractivity contribution >= 4 is 40.6 Å². The molecule has 162 valence electrons. The van der Waals surface area contributed by atoms with Gasteiger partial charge in [-0.15, -0.1) is 0 Å². The van der Waals surface area contributed by atoms with E-state index in [4.69, 9.17) is 23.2 Å². The van der Waals surface area contributed by atoms with E-state index in [2.05, 4.69) is 15.7 Å². The highest BCUT2D eigenvalue weighted by atomic mass is 35.5. The number of alkyl halides is 3. The Morgan fingerprint density at radius 3 is 2.58 bits per heavy atom. The number of carbonyl (C=O) groups excluding carboxylic acids is 1. The highest BCUT2D eigenvalue weighted by Crippen LogP contribution is 2.44. The van der Waals surface area contributed by atoms with Gasteiger partial charge < -0.3 is 10.6 Å². The molecule has 0 fully saturated rings. The number of fused-ring (bicyclic) bond motifs is 1. The van der Waals surface area contributed by atoms with Crippen LogP contribution < -0.4 is 10.6 Å². The van der Waals surface area contributed by atoms with Gasteiger partial charge in [0.1, 0.15) is 11.4 Å². The van der Waals surface area contributed by atoms with E-state index in [9.17, 15) is 18.0 Å². The number of carbonyl (C=O) groups is 1. The highest BCUT2D eigenvalue weighted by Gasteiger charge is 2.47. The highest BCUT2D eigenvalue weighted by molar-refractivity contribution is 6.36. The second-order valence-electron chi connectivity index (χ2n) is 7.33. The molecule has 0 aliphatic carbocycles. The van der Waals surface area contributed by atoms with Gasteiger partial charge in [-0.05, 0) is 30.7 Å². The maximum Gasteiger partial charge on any atom is 0.410 e. The monoisotopic (exact) mass is 468 g/mol. The standard InChI is InChI=1S/C21H17Cl2F3N4O/c1-11-2-4-12(5-3-11)16-9-18(21(24,25)26)30-19(28-16)14(10-27-30)20(31)29-17-8-13(22)6-7-15(17)23/h2-8,10,16,18,28H,9H2,1H3,(H,29,31)/t16-,18+/m1/s1. The lowest BCUT2D eigenvalue weighted by Crippen LogP contribution is -2.36. The fourth-order valence-corrected chi connectivity index (χ4v) is 3.87. The number of nitrogens with zero attached hydrogens (tertiary/aromatic N) is 2. The molecule has 0 saturated heterocycles. The van der Waals surface area contributed by atoms with Crippen molar-refractivity contribution in [1.82, 2.24) is 9.78 Å². The summed E-state index contributed by atoms with van der Waals surface area (Å²) < 4.78 is 42.2. The minimum atomic E-state index is -4.53. The summed E-state index contributed by atoms with van der Waals surface area (Å²) in [5.74, 6) is -0.654. The summed E-state index contributed by atoms with van der Waals surface area (Å²) in [5, 5.41) is 10.1. The molecule has 31 heavy (non-hydrogen) atoms. The van der Waals surface area contributed by atoms with E-state index in [-0.39, 0.29) is 28.5 Å². The maximum atomic E-state index is 13.8. The van der Waals surface area contributed by atoms with Crippen molar-refractivity contribution in [2.24, 2.45) is 0 Å². The van der Waals surface area contributed by atoms with Crippen molar-refractivity contribution < 1.29 is 18.0 Å². The summed E-state index contributed by atoms with van der Waals surface area (Å²) in [4.78, 5) is 12.9. The van der Waals surface area contributed by atoms with Crippen LogP contribution in [0, 0.1) is 6.92 Å². The van der Waals surface area contributed by atoms with E-state index in [1.54, 1.807) is 18.2 Å². The first-order chi connectivity index (χ1) is 14.6. The number of amides is 1. The number of rotatable bonds is 3. The molecule has 2 N–H and O–H groups in total. The van der Waals surface area contributed by atoms with Crippen LogP contribution in [0.25, 0.3) is 0 Å². The predicted octanol–water partition coefficient (Wildman–Crippen LogP) is 6.41. The summed E-state index contributed by atoms with van der Waals surface area (Å²) in [5.41, 5.74) is 1.91. The molecule has 0 unspecified atom stereocenters. The number of benzene rings is 2. The van der Waals surface area contributed by atoms with Crippen LogP contribution in [0.3, 0.4) is 0 Å². The lowest BCUT2D eigenvalue weighted by molar-refractivity contribution is -0.173. The average molecular weight is 469 g/mol. The summed E-state index contributed by atoms with van der Waals surface area (Å²) in [6, 6.07) is 9.24. The van der Waals surface area contributed by atoms with Crippen molar-refractivity contribution in [1.29, 1.82) is 0 Å². The third-order valence-corrected chi connectivity index (χ3v) is 5.70. The van der Waals surface area contributed by atoms with Crippen LogP contribution in [0.2, 0.25) is 10.0 Å². The van der Waals surface area contributed by atoms with Crippen molar-refractivity contribution in [2.45, 2.75) is 31.6 Å². The third kappa shape index (κ3) is 4.36. The molecule has 0 spiro atoms. The van der Waals surface area contributed by atoms with E-state index in [1.165, 1.54) is 12.1 Å². The van der Waals surface area contributed by atoms with Crippen LogP contribution >= 0.6 is 23.2 Å². The molecule has 5 nitrogen and oxygen atoms in total. The number of hydrogen-bond donors (Lipinski definition) is 2. The Morgan fingerprint density at radius 2 is 1.90 bits per heavy atom. The topological polar surface area (TPSA) is 59.0 Å². The number of aromatic nitrogens is 2. The number of hydrogen-bond acceptors (Lipinski definition) is 3. The molecule has 2 atom stereocenters. The van der Waals surface area contributed by atoms with Crippen molar-refractivity contribution in [3.63, 3.8) is 0 Å². The zero-order valence-electron chi connectivity index (χ0n) is 16.2. The SMILES string of the molecule is Cc1ccc([C@H]2C[C@@H](C(F)(F)F)n3ncc(C(=O)Nc4cc(Cl)ccc4Cl)c3N2)cc1. The number of halogens is 5. The second-order valence-corrected chi connectivity index (χ2v) is 8.17. The van der Waals surface area contributed by atoms with Gasteiger partial charge in [0.25, 0.3) is 5.91 Å². The fourth-order valence-electron chi connectivity index (χ4n) is 3.53. The largest absolute Gasteiger partial charge is 0.410 e. The van der Waals surface area contributed by atoms with Gasteiger partial charge in [-0.1, -0.05) is 53.0 Å². The first-order valence-electron chi connectivity index (χ1n) is 9.37. The summed E-state index contributed by atoms with van der Waals surface area (Å²) >= 11 is 12.0. The molecule has 1 aromatic heterocycles. The first kappa shape index (κ1) is 21.5. The molecular weight excluding hydrogens is 452 g/mol. The molecule has 1 aliphatic rings. The zero-order chi connectivity index (χ0) is 22.3. The van der Waals surface area contributed by atoms with Gasteiger partial charge in [0, 0.05) is 11.4 Å². The third-order valence-electron chi connectivity index (χ3n) is 5.14. The molecular formula is C21H17Cl2F3N4O. The molecule has 0 bridgehead atoms. The van der Waals surface area contributed by atoms with Crippen LogP contribution in [-0.2, 0) is 0 Å². The summed E-state index contributed by atoms with van der Waals surface area (Å²) in [6.07, 6.45) is -3.66. The van der Waals surface area contributed by atoms with Crippen molar-refractivity contribution in [3.8, 4) is 0 Å². The zero-order valence-corrected chi connectivity index (χ0v) is 17.7. The van der Waals surface area contributed by atoms with Crippen molar-refractivity contribution in [2.75, 3.05) is 10.6 Å². The number of nitrogens with one attached hydrogen (secondary N) is 2. The quantitative estimate of drug-likeness (QED) is 0.466. The Morgan fingerprint density at radius 1 is 1.19 bits per heavy atom. The second kappa shape index (κ2) is 8.09. The van der Waals surface area contributed by atoms with Gasteiger partial charge in [-0.2, -0.15) is 18.3 Å². The molecule has 4 rings (SSSR count). The lowest BCUT2D eigenvalue weighted by atomic mass is 9.96. The van der Waals surface area contributed by atoms with E-state index >= 15 is 0 Å².